The van der Waals surface area contributed by atoms with E-state index in [1.165, 1.54) is 38.8 Å². The first kappa shape index (κ1) is 9.44. The summed E-state index contributed by atoms with van der Waals surface area (Å²) >= 11 is 0. The molecule has 2 aliphatic rings. The molecule has 13 heavy (non-hydrogen) atoms. The molecule has 1 saturated carbocycles. The number of aliphatic hydroxyl groups excluding tert-OH is 1. The van der Waals surface area contributed by atoms with Gasteiger partial charge in [-0.15, -0.1) is 0 Å². The van der Waals surface area contributed by atoms with Crippen LogP contribution in [0.15, 0.2) is 0 Å². The van der Waals surface area contributed by atoms with E-state index in [1.54, 1.807) is 0 Å². The number of rotatable bonds is 5. The molecule has 0 unspecified atom stereocenters. The predicted octanol–water partition coefficient (Wildman–Crippen LogP) is 0.195. The molecule has 0 aromatic heterocycles. The number of nitrogens with one attached hydrogen (secondary N) is 1. The standard InChI is InChI=1S/C10H20N2O/c13-10(7-11-9-3-4-9)8-12-5-1-2-6-12/h9-11,13H,1-8H2/t10-/m0/s1. The molecule has 2 rings (SSSR count). The predicted molar refractivity (Wildman–Crippen MR) is 52.7 cm³/mol. The van der Waals surface area contributed by atoms with Gasteiger partial charge in [0.25, 0.3) is 0 Å². The molecule has 1 atom stereocenters. The van der Waals surface area contributed by atoms with Crippen LogP contribution in [0.1, 0.15) is 25.7 Å². The van der Waals surface area contributed by atoms with Crippen LogP contribution in [0.3, 0.4) is 0 Å². The Balaban J connectivity index is 1.56. The highest BCUT2D eigenvalue weighted by atomic mass is 16.3. The van der Waals surface area contributed by atoms with E-state index >= 15 is 0 Å². The third kappa shape index (κ3) is 3.25. The van der Waals surface area contributed by atoms with Gasteiger partial charge in [0.15, 0.2) is 0 Å². The quantitative estimate of drug-likeness (QED) is 0.640. The highest BCUT2D eigenvalue weighted by molar-refractivity contribution is 4.82. The van der Waals surface area contributed by atoms with Crippen molar-refractivity contribution in [2.75, 3.05) is 26.2 Å². The van der Waals surface area contributed by atoms with Gasteiger partial charge in [-0.1, -0.05) is 0 Å². The van der Waals surface area contributed by atoms with Crippen LogP contribution in [0.2, 0.25) is 0 Å². The van der Waals surface area contributed by atoms with Gasteiger partial charge in [-0.25, -0.2) is 0 Å². The van der Waals surface area contributed by atoms with Gasteiger partial charge in [0.1, 0.15) is 0 Å². The number of hydrogen-bond acceptors (Lipinski definition) is 3. The maximum Gasteiger partial charge on any atom is 0.0791 e. The molecule has 1 aliphatic carbocycles. The first-order valence-electron chi connectivity index (χ1n) is 5.48. The van der Waals surface area contributed by atoms with E-state index in [9.17, 15) is 5.11 Å². The second kappa shape index (κ2) is 4.40. The van der Waals surface area contributed by atoms with Crippen molar-refractivity contribution in [1.29, 1.82) is 0 Å². The lowest BCUT2D eigenvalue weighted by molar-refractivity contribution is 0.123. The minimum absolute atomic E-state index is 0.168. The van der Waals surface area contributed by atoms with Crippen LogP contribution in [0.4, 0.5) is 0 Å². The average Bonchev–Trinajstić information content (AvgIpc) is 2.82. The Morgan fingerprint density at radius 1 is 1.31 bits per heavy atom. The molecule has 0 spiro atoms. The molecule has 0 amide bonds. The largest absolute Gasteiger partial charge is 0.390 e. The van der Waals surface area contributed by atoms with Gasteiger partial charge < -0.3 is 15.3 Å². The molecule has 1 saturated heterocycles. The van der Waals surface area contributed by atoms with Gasteiger partial charge in [-0.05, 0) is 38.8 Å². The Bertz CT molecular complexity index is 153. The van der Waals surface area contributed by atoms with Crippen molar-refractivity contribution in [3.05, 3.63) is 0 Å². The first-order chi connectivity index (χ1) is 6.34. The van der Waals surface area contributed by atoms with Crippen LogP contribution in [0, 0.1) is 0 Å². The van der Waals surface area contributed by atoms with Gasteiger partial charge in [-0.2, -0.15) is 0 Å². The Kier molecular flexibility index (Phi) is 3.19. The van der Waals surface area contributed by atoms with Gasteiger partial charge in [0, 0.05) is 19.1 Å². The molecule has 0 aromatic carbocycles. The molecule has 0 bridgehead atoms. The molecule has 0 radical (unpaired) electrons. The average molecular weight is 184 g/mol. The van der Waals surface area contributed by atoms with E-state index in [4.69, 9.17) is 0 Å². The summed E-state index contributed by atoms with van der Waals surface area (Å²) in [6.07, 6.45) is 5.05. The van der Waals surface area contributed by atoms with E-state index in [-0.39, 0.29) is 6.10 Å². The summed E-state index contributed by atoms with van der Waals surface area (Å²) in [5.41, 5.74) is 0. The van der Waals surface area contributed by atoms with Crippen molar-refractivity contribution < 1.29 is 5.11 Å². The number of aliphatic hydroxyl groups is 1. The second-order valence-corrected chi connectivity index (χ2v) is 4.34. The van der Waals surface area contributed by atoms with Gasteiger partial charge in [-0.3, -0.25) is 0 Å². The fraction of sp³-hybridized carbons (Fsp3) is 1.00. The Labute approximate surface area is 80.1 Å². The van der Waals surface area contributed by atoms with Crippen LogP contribution < -0.4 is 5.32 Å². The molecule has 76 valence electrons. The highest BCUT2D eigenvalue weighted by Gasteiger charge is 2.22. The summed E-state index contributed by atoms with van der Waals surface area (Å²) in [5, 5.41) is 13.0. The fourth-order valence-electron chi connectivity index (χ4n) is 1.92. The van der Waals surface area contributed by atoms with Gasteiger partial charge >= 0.3 is 0 Å². The lowest BCUT2D eigenvalue weighted by atomic mass is 10.3. The SMILES string of the molecule is O[C@@H](CNC1CC1)CN1CCCC1. The van der Waals surface area contributed by atoms with Crippen LogP contribution in [-0.4, -0.2) is 48.3 Å². The molecular formula is C10H20N2O. The van der Waals surface area contributed by atoms with E-state index < -0.39 is 0 Å². The zero-order valence-electron chi connectivity index (χ0n) is 8.21. The van der Waals surface area contributed by atoms with Crippen LogP contribution in [-0.2, 0) is 0 Å². The third-order valence-corrected chi connectivity index (χ3v) is 2.89. The first-order valence-corrected chi connectivity index (χ1v) is 5.48. The number of likely N-dealkylation sites (tertiary alicyclic amines) is 1. The summed E-state index contributed by atoms with van der Waals surface area (Å²) in [7, 11) is 0. The minimum atomic E-state index is -0.168. The molecule has 1 aliphatic heterocycles. The number of β-amino-alcohol motifs (C(OH)–C–C–N with tert-alkyl or cyclic N) is 1. The highest BCUT2D eigenvalue weighted by Crippen LogP contribution is 2.18. The number of nitrogens with zero attached hydrogens (tertiary/aromatic N) is 1. The van der Waals surface area contributed by atoms with E-state index in [1.807, 2.05) is 0 Å². The van der Waals surface area contributed by atoms with Crippen molar-refractivity contribution in [2.45, 2.75) is 37.8 Å². The van der Waals surface area contributed by atoms with E-state index in [0.29, 0.717) is 6.04 Å². The zero-order chi connectivity index (χ0) is 9.10. The molecule has 2 fully saturated rings. The summed E-state index contributed by atoms with van der Waals surface area (Å²) in [6.45, 7) is 4.00. The second-order valence-electron chi connectivity index (χ2n) is 4.34. The molecule has 2 N–H and O–H groups in total. The maximum absolute atomic E-state index is 9.68. The smallest absolute Gasteiger partial charge is 0.0791 e. The Hall–Kier alpha value is -0.120. The third-order valence-electron chi connectivity index (χ3n) is 2.89. The maximum atomic E-state index is 9.68. The summed E-state index contributed by atoms with van der Waals surface area (Å²) < 4.78 is 0. The number of hydrogen-bond donors (Lipinski definition) is 2. The van der Waals surface area contributed by atoms with Gasteiger partial charge in [0.2, 0.25) is 0 Å². The van der Waals surface area contributed by atoms with Crippen LogP contribution in [0.5, 0.6) is 0 Å². The zero-order valence-corrected chi connectivity index (χ0v) is 8.21. The minimum Gasteiger partial charge on any atom is -0.390 e. The van der Waals surface area contributed by atoms with Crippen molar-refractivity contribution in [2.24, 2.45) is 0 Å². The normalized spacial score (nSPS) is 26.5. The summed E-state index contributed by atoms with van der Waals surface area (Å²) in [4.78, 5) is 2.36. The molecule has 3 nitrogen and oxygen atoms in total. The topological polar surface area (TPSA) is 35.5 Å². The Morgan fingerprint density at radius 3 is 2.62 bits per heavy atom. The lowest BCUT2D eigenvalue weighted by Gasteiger charge is -2.19. The van der Waals surface area contributed by atoms with E-state index in [2.05, 4.69) is 10.2 Å². The molecule has 1 heterocycles. The van der Waals surface area contributed by atoms with Crippen molar-refractivity contribution in [1.82, 2.24) is 10.2 Å². The van der Waals surface area contributed by atoms with Crippen molar-refractivity contribution >= 4 is 0 Å². The summed E-state index contributed by atoms with van der Waals surface area (Å²) in [6, 6.07) is 0.716. The monoisotopic (exact) mass is 184 g/mol. The molecule has 0 aromatic rings. The lowest BCUT2D eigenvalue weighted by Crippen LogP contribution is -2.37. The fourth-order valence-corrected chi connectivity index (χ4v) is 1.92. The molecular weight excluding hydrogens is 164 g/mol. The van der Waals surface area contributed by atoms with E-state index in [0.717, 1.165) is 13.1 Å². The van der Waals surface area contributed by atoms with Crippen LogP contribution >= 0.6 is 0 Å². The van der Waals surface area contributed by atoms with Crippen LogP contribution in [0.25, 0.3) is 0 Å². The molecule has 3 heteroatoms. The van der Waals surface area contributed by atoms with Crippen molar-refractivity contribution in [3.8, 4) is 0 Å². The van der Waals surface area contributed by atoms with Gasteiger partial charge in [0.05, 0.1) is 6.10 Å². The Morgan fingerprint density at radius 2 is 2.00 bits per heavy atom. The summed E-state index contributed by atoms with van der Waals surface area (Å²) in [5.74, 6) is 0. The van der Waals surface area contributed by atoms with Crippen molar-refractivity contribution in [3.63, 3.8) is 0 Å².